The quantitative estimate of drug-likeness (QED) is 0.557. The summed E-state index contributed by atoms with van der Waals surface area (Å²) in [4.78, 5) is 4.05. The second-order valence-electron chi connectivity index (χ2n) is 6.23. The van der Waals surface area contributed by atoms with Gasteiger partial charge in [0.05, 0.1) is 23.3 Å². The van der Waals surface area contributed by atoms with Crippen LogP contribution in [0.15, 0.2) is 60.0 Å². The summed E-state index contributed by atoms with van der Waals surface area (Å²) in [5.74, 6) is -0.0751. The van der Waals surface area contributed by atoms with E-state index in [0.717, 1.165) is 5.69 Å². The smallest absolute Gasteiger partial charge is 0.212 e. The van der Waals surface area contributed by atoms with Gasteiger partial charge in [-0.3, -0.25) is 4.98 Å². The lowest BCUT2D eigenvalue weighted by Crippen LogP contribution is -2.12. The van der Waals surface area contributed by atoms with Gasteiger partial charge in [-0.25, -0.2) is 9.40 Å². The average Bonchev–Trinajstić information content (AvgIpc) is 3.16. The number of benzene rings is 2. The van der Waals surface area contributed by atoms with Crippen LogP contribution in [0.1, 0.15) is 5.56 Å². The first-order valence-electron chi connectivity index (χ1n) is 8.58. The van der Waals surface area contributed by atoms with Crippen molar-refractivity contribution < 1.29 is 13.9 Å². The average molecular weight is 433 g/mol. The number of ether oxygens (including phenoxy) is 2. The summed E-state index contributed by atoms with van der Waals surface area (Å²) in [6.07, 6.45) is 3.47. The monoisotopic (exact) mass is 432 g/mol. The third-order valence-electron chi connectivity index (χ3n) is 4.11. The molecule has 2 N–H and O–H groups in total. The molecule has 0 radical (unpaired) electrons. The Bertz CT molecular complexity index is 1060. The number of hydrazone groups is 1. The van der Waals surface area contributed by atoms with Crippen molar-refractivity contribution in [3.8, 4) is 11.5 Å². The Morgan fingerprint density at radius 2 is 2.07 bits per heavy atom. The minimum Gasteiger partial charge on any atom is -0.456 e. The van der Waals surface area contributed by atoms with E-state index in [2.05, 4.69) is 10.1 Å². The molecule has 29 heavy (non-hydrogen) atoms. The predicted molar refractivity (Wildman–Crippen MR) is 111 cm³/mol. The van der Waals surface area contributed by atoms with Crippen molar-refractivity contribution >= 4 is 40.5 Å². The van der Waals surface area contributed by atoms with E-state index >= 15 is 4.39 Å². The maximum atomic E-state index is 15.1. The molecule has 0 amide bonds. The highest BCUT2D eigenvalue weighted by atomic mass is 35.5. The Morgan fingerprint density at radius 1 is 1.21 bits per heavy atom. The molecule has 1 aromatic heterocycles. The Hall–Kier alpha value is -3.03. The molecule has 1 aliphatic rings. The summed E-state index contributed by atoms with van der Waals surface area (Å²) in [6, 6.07) is 11.4. The van der Waals surface area contributed by atoms with E-state index in [-0.39, 0.29) is 29.7 Å². The van der Waals surface area contributed by atoms with Crippen LogP contribution in [0.5, 0.6) is 11.5 Å². The zero-order valence-corrected chi connectivity index (χ0v) is 16.5. The van der Waals surface area contributed by atoms with Crippen LogP contribution in [0.2, 0.25) is 10.0 Å². The zero-order valence-electron chi connectivity index (χ0n) is 15.0. The minimum atomic E-state index is -0.609. The molecule has 0 aliphatic carbocycles. The summed E-state index contributed by atoms with van der Waals surface area (Å²) in [6.45, 7) is 0.224. The minimum absolute atomic E-state index is 0.117. The number of pyridine rings is 1. The normalized spacial score (nSPS) is 13.2. The van der Waals surface area contributed by atoms with Crippen molar-refractivity contribution in [1.82, 2.24) is 4.98 Å². The van der Waals surface area contributed by atoms with E-state index < -0.39 is 5.82 Å². The number of rotatable bonds is 5. The van der Waals surface area contributed by atoms with Crippen LogP contribution < -0.4 is 15.5 Å². The third kappa shape index (κ3) is 4.36. The SMILES string of the molecule is Nc1cc(Cl)cc(Oc2c(Cl)ccc(CC3=NN(c4cccnc4)CO3)c2F)c1. The van der Waals surface area contributed by atoms with Gasteiger partial charge in [-0.2, -0.15) is 0 Å². The van der Waals surface area contributed by atoms with Crippen molar-refractivity contribution in [2.75, 3.05) is 17.5 Å². The van der Waals surface area contributed by atoms with Crippen LogP contribution in [-0.4, -0.2) is 17.6 Å². The highest BCUT2D eigenvalue weighted by molar-refractivity contribution is 6.32. The molecule has 0 spiro atoms. The molecule has 148 valence electrons. The molecule has 0 bridgehead atoms. The van der Waals surface area contributed by atoms with E-state index in [4.69, 9.17) is 38.4 Å². The van der Waals surface area contributed by atoms with Gasteiger partial charge in [0.1, 0.15) is 5.75 Å². The van der Waals surface area contributed by atoms with Crippen LogP contribution in [0.3, 0.4) is 0 Å². The number of nitrogens with two attached hydrogens (primary N) is 1. The molecule has 0 saturated heterocycles. The predicted octanol–water partition coefficient (Wildman–Crippen LogP) is 5.25. The van der Waals surface area contributed by atoms with Crippen LogP contribution >= 0.6 is 23.2 Å². The van der Waals surface area contributed by atoms with Gasteiger partial charge in [-0.1, -0.05) is 29.3 Å². The lowest BCUT2D eigenvalue weighted by atomic mass is 10.1. The number of hydrogen-bond acceptors (Lipinski definition) is 6. The maximum absolute atomic E-state index is 15.1. The molecule has 6 nitrogen and oxygen atoms in total. The standard InChI is InChI=1S/C20H15Cl2FN4O2/c21-13-7-14(24)9-16(8-13)29-20-17(22)4-3-12(19(20)23)6-18-26-27(11-28-18)15-2-1-5-25-10-15/h1-5,7-10H,6,11,24H2. The fourth-order valence-electron chi connectivity index (χ4n) is 2.78. The van der Waals surface area contributed by atoms with Crippen LogP contribution in [0, 0.1) is 5.82 Å². The molecular weight excluding hydrogens is 418 g/mol. The fourth-order valence-corrected chi connectivity index (χ4v) is 3.20. The van der Waals surface area contributed by atoms with Crippen molar-refractivity contribution in [2.45, 2.75) is 6.42 Å². The molecule has 0 fully saturated rings. The van der Waals surface area contributed by atoms with Crippen molar-refractivity contribution in [1.29, 1.82) is 0 Å². The Morgan fingerprint density at radius 3 is 2.83 bits per heavy atom. The highest BCUT2D eigenvalue weighted by Crippen LogP contribution is 2.36. The van der Waals surface area contributed by atoms with E-state index in [9.17, 15) is 0 Å². The second-order valence-corrected chi connectivity index (χ2v) is 7.07. The molecular formula is C20H15Cl2FN4O2. The molecule has 0 saturated carbocycles. The number of halogens is 3. The summed E-state index contributed by atoms with van der Waals surface area (Å²) < 4.78 is 26.3. The van der Waals surface area contributed by atoms with Crippen LogP contribution in [0.4, 0.5) is 15.8 Å². The lowest BCUT2D eigenvalue weighted by Gasteiger charge is -2.12. The van der Waals surface area contributed by atoms with E-state index in [1.165, 1.54) is 12.1 Å². The van der Waals surface area contributed by atoms with Crippen LogP contribution in [-0.2, 0) is 11.2 Å². The fraction of sp³-hybridized carbons (Fsp3) is 0.100. The lowest BCUT2D eigenvalue weighted by molar-refractivity contribution is 0.330. The van der Waals surface area contributed by atoms with Crippen molar-refractivity contribution in [3.05, 3.63) is 76.3 Å². The van der Waals surface area contributed by atoms with Crippen LogP contribution in [0.25, 0.3) is 0 Å². The molecule has 1 aliphatic heterocycles. The molecule has 3 aromatic rings. The molecule has 2 heterocycles. The molecule has 9 heteroatoms. The van der Waals surface area contributed by atoms with E-state index in [1.54, 1.807) is 41.7 Å². The van der Waals surface area contributed by atoms with Gasteiger partial charge in [-0.15, -0.1) is 5.10 Å². The third-order valence-corrected chi connectivity index (χ3v) is 4.63. The first-order valence-corrected chi connectivity index (χ1v) is 9.34. The van der Waals surface area contributed by atoms with Gasteiger partial charge in [0.25, 0.3) is 0 Å². The van der Waals surface area contributed by atoms with Crippen molar-refractivity contribution in [2.24, 2.45) is 5.10 Å². The van der Waals surface area contributed by atoms with Gasteiger partial charge in [0, 0.05) is 28.5 Å². The van der Waals surface area contributed by atoms with Gasteiger partial charge < -0.3 is 15.2 Å². The summed E-state index contributed by atoms with van der Waals surface area (Å²) in [5, 5.41) is 6.50. The largest absolute Gasteiger partial charge is 0.456 e. The topological polar surface area (TPSA) is 73.0 Å². The maximum Gasteiger partial charge on any atom is 0.212 e. The van der Waals surface area contributed by atoms with E-state index in [1.807, 2.05) is 6.07 Å². The van der Waals surface area contributed by atoms with Gasteiger partial charge in [0.2, 0.25) is 5.90 Å². The Labute approximate surface area is 176 Å². The Kier molecular flexibility index (Phi) is 5.42. The van der Waals surface area contributed by atoms with Gasteiger partial charge in [-0.05, 0) is 30.3 Å². The first kappa shape index (κ1) is 19.3. The highest BCUT2D eigenvalue weighted by Gasteiger charge is 2.21. The second kappa shape index (κ2) is 8.14. The number of nitrogen functional groups attached to an aromatic ring is 1. The molecule has 0 atom stereocenters. The summed E-state index contributed by atoms with van der Waals surface area (Å²) in [7, 11) is 0. The molecule has 2 aromatic carbocycles. The molecule has 0 unspecified atom stereocenters. The summed E-state index contributed by atoms with van der Waals surface area (Å²) >= 11 is 12.1. The zero-order chi connectivity index (χ0) is 20.4. The Balaban J connectivity index is 1.57. The van der Waals surface area contributed by atoms with Crippen molar-refractivity contribution in [3.63, 3.8) is 0 Å². The first-order chi connectivity index (χ1) is 14.0. The number of aromatic nitrogens is 1. The molecule has 4 rings (SSSR count). The number of anilines is 2. The number of hydrogen-bond donors (Lipinski definition) is 1. The van der Waals surface area contributed by atoms with Gasteiger partial charge in [0.15, 0.2) is 18.3 Å². The van der Waals surface area contributed by atoms with Gasteiger partial charge >= 0.3 is 0 Å². The van der Waals surface area contributed by atoms with E-state index in [0.29, 0.717) is 22.2 Å². The number of nitrogens with zero attached hydrogens (tertiary/aromatic N) is 3. The summed E-state index contributed by atoms with van der Waals surface area (Å²) in [5.41, 5.74) is 7.25.